The molecule has 0 aliphatic carbocycles. The van der Waals surface area contributed by atoms with E-state index in [-0.39, 0.29) is 4.90 Å². The van der Waals surface area contributed by atoms with Crippen LogP contribution in [-0.2, 0) is 10.0 Å². The lowest BCUT2D eigenvalue weighted by atomic mass is 10.1. The Hall–Kier alpha value is -3.38. The minimum atomic E-state index is -3.73. The lowest BCUT2D eigenvalue weighted by Gasteiger charge is -2.09. The Labute approximate surface area is 155 Å². The maximum atomic E-state index is 12.9. The largest absolute Gasteiger partial charge is 0.456 e. The number of aromatic nitrogens is 1. The van der Waals surface area contributed by atoms with E-state index in [0.29, 0.717) is 11.3 Å². The molecule has 0 saturated carbocycles. The summed E-state index contributed by atoms with van der Waals surface area (Å²) in [4.78, 5) is 4.43. The molecule has 0 radical (unpaired) electrons. The molecule has 5 aromatic rings. The molecule has 5 nitrogen and oxygen atoms in total. The fourth-order valence-electron chi connectivity index (χ4n) is 3.23. The second-order valence-corrected chi connectivity index (χ2v) is 7.95. The van der Waals surface area contributed by atoms with Gasteiger partial charge in [-0.05, 0) is 48.5 Å². The number of benzene rings is 3. The van der Waals surface area contributed by atoms with Crippen molar-refractivity contribution in [2.45, 2.75) is 4.90 Å². The molecule has 1 N–H and O–H groups in total. The Morgan fingerprint density at radius 2 is 1.67 bits per heavy atom. The van der Waals surface area contributed by atoms with Crippen LogP contribution in [0.15, 0.2) is 88.3 Å². The molecular formula is C21H14N2O3S. The van der Waals surface area contributed by atoms with E-state index in [0.717, 1.165) is 27.3 Å². The second kappa shape index (κ2) is 5.82. The summed E-state index contributed by atoms with van der Waals surface area (Å²) in [5.74, 6) is 0. The number of hydrogen-bond donors (Lipinski definition) is 1. The highest BCUT2D eigenvalue weighted by molar-refractivity contribution is 7.92. The fraction of sp³-hybridized carbons (Fsp3) is 0. The number of furan rings is 1. The normalized spacial score (nSPS) is 12.0. The van der Waals surface area contributed by atoms with E-state index in [1.807, 2.05) is 36.4 Å². The van der Waals surface area contributed by atoms with Gasteiger partial charge in [0.15, 0.2) is 0 Å². The van der Waals surface area contributed by atoms with Crippen LogP contribution in [0.5, 0.6) is 0 Å². The topological polar surface area (TPSA) is 72.2 Å². The van der Waals surface area contributed by atoms with Crippen LogP contribution in [0.3, 0.4) is 0 Å². The number of fused-ring (bicyclic) bond motifs is 4. The highest BCUT2D eigenvalue weighted by Gasteiger charge is 2.17. The first-order valence-electron chi connectivity index (χ1n) is 8.39. The van der Waals surface area contributed by atoms with Crippen molar-refractivity contribution in [3.8, 4) is 0 Å². The maximum Gasteiger partial charge on any atom is 0.261 e. The van der Waals surface area contributed by atoms with E-state index in [9.17, 15) is 8.42 Å². The second-order valence-electron chi connectivity index (χ2n) is 6.27. The number of pyridine rings is 1. The summed E-state index contributed by atoms with van der Waals surface area (Å²) in [6.45, 7) is 0. The van der Waals surface area contributed by atoms with Crippen LogP contribution < -0.4 is 4.72 Å². The first-order chi connectivity index (χ1) is 13.1. The van der Waals surface area contributed by atoms with Crippen molar-refractivity contribution < 1.29 is 12.8 Å². The SMILES string of the molecule is O=S(=O)(Nc1ccc2ncccc2c1)c1ccc2oc3ccccc3c2c1. The van der Waals surface area contributed by atoms with Gasteiger partial charge in [0.1, 0.15) is 11.2 Å². The van der Waals surface area contributed by atoms with Gasteiger partial charge in [0, 0.05) is 28.0 Å². The van der Waals surface area contributed by atoms with Gasteiger partial charge < -0.3 is 4.42 Å². The highest BCUT2D eigenvalue weighted by Crippen LogP contribution is 2.31. The molecule has 0 unspecified atom stereocenters. The fourth-order valence-corrected chi connectivity index (χ4v) is 4.30. The van der Waals surface area contributed by atoms with Gasteiger partial charge in [-0.15, -0.1) is 0 Å². The summed E-state index contributed by atoms with van der Waals surface area (Å²) < 4.78 is 34.2. The average molecular weight is 374 g/mol. The molecule has 0 amide bonds. The molecule has 2 heterocycles. The predicted octanol–water partition coefficient (Wildman–Crippen LogP) is 4.94. The molecule has 0 aliphatic rings. The van der Waals surface area contributed by atoms with Gasteiger partial charge in [0.05, 0.1) is 10.4 Å². The van der Waals surface area contributed by atoms with Crippen molar-refractivity contribution in [3.05, 3.63) is 79.0 Å². The number of anilines is 1. The van der Waals surface area contributed by atoms with Crippen LogP contribution in [0.25, 0.3) is 32.8 Å². The Bertz CT molecular complexity index is 1420. The molecule has 0 fully saturated rings. The standard InChI is InChI=1S/C21H14N2O3S/c24-27(25,23-15-7-9-19-14(12-15)4-3-11-22-19)16-8-10-21-18(13-16)17-5-1-2-6-20(17)26-21/h1-13,23H. The predicted molar refractivity (Wildman–Crippen MR) is 106 cm³/mol. The molecule has 0 saturated heterocycles. The molecule has 3 aromatic carbocycles. The Kier molecular flexibility index (Phi) is 3.42. The zero-order valence-corrected chi connectivity index (χ0v) is 14.9. The zero-order valence-electron chi connectivity index (χ0n) is 14.1. The summed E-state index contributed by atoms with van der Waals surface area (Å²) in [5, 5.41) is 2.53. The van der Waals surface area contributed by atoms with Crippen molar-refractivity contribution in [1.29, 1.82) is 0 Å². The molecular weight excluding hydrogens is 360 g/mol. The molecule has 2 aromatic heterocycles. The first-order valence-corrected chi connectivity index (χ1v) is 9.87. The third-order valence-corrected chi connectivity index (χ3v) is 5.89. The van der Waals surface area contributed by atoms with E-state index >= 15 is 0 Å². The monoisotopic (exact) mass is 374 g/mol. The van der Waals surface area contributed by atoms with Gasteiger partial charge in [0.2, 0.25) is 0 Å². The number of nitrogens with one attached hydrogen (secondary N) is 1. The van der Waals surface area contributed by atoms with Crippen LogP contribution >= 0.6 is 0 Å². The van der Waals surface area contributed by atoms with Gasteiger partial charge in [-0.1, -0.05) is 24.3 Å². The number of para-hydroxylation sites is 1. The number of hydrogen-bond acceptors (Lipinski definition) is 4. The van der Waals surface area contributed by atoms with Crippen LogP contribution in [0.4, 0.5) is 5.69 Å². The van der Waals surface area contributed by atoms with Crippen molar-refractivity contribution >= 4 is 48.6 Å². The molecule has 5 rings (SSSR count). The van der Waals surface area contributed by atoms with Crippen LogP contribution in [-0.4, -0.2) is 13.4 Å². The number of rotatable bonds is 3. The minimum absolute atomic E-state index is 0.188. The molecule has 0 aliphatic heterocycles. The quantitative estimate of drug-likeness (QED) is 0.486. The maximum absolute atomic E-state index is 12.9. The molecule has 132 valence electrons. The van der Waals surface area contributed by atoms with Crippen LogP contribution in [0.2, 0.25) is 0 Å². The molecule has 0 bridgehead atoms. The van der Waals surface area contributed by atoms with E-state index in [1.54, 1.807) is 42.6 Å². The van der Waals surface area contributed by atoms with Gasteiger partial charge in [0.25, 0.3) is 10.0 Å². The van der Waals surface area contributed by atoms with Crippen molar-refractivity contribution in [3.63, 3.8) is 0 Å². The summed E-state index contributed by atoms with van der Waals surface area (Å²) in [5.41, 5.74) is 2.70. The summed E-state index contributed by atoms with van der Waals surface area (Å²) in [6.07, 6.45) is 1.70. The molecule has 0 atom stereocenters. The Morgan fingerprint density at radius 1 is 0.815 bits per heavy atom. The third-order valence-electron chi connectivity index (χ3n) is 4.51. The van der Waals surface area contributed by atoms with Crippen molar-refractivity contribution in [2.75, 3.05) is 4.72 Å². The van der Waals surface area contributed by atoms with Crippen molar-refractivity contribution in [1.82, 2.24) is 4.98 Å². The van der Waals surface area contributed by atoms with Gasteiger partial charge in [-0.25, -0.2) is 8.42 Å². The van der Waals surface area contributed by atoms with E-state index < -0.39 is 10.0 Å². The summed E-state index contributed by atoms with van der Waals surface area (Å²) in [6, 6.07) is 21.4. The minimum Gasteiger partial charge on any atom is -0.456 e. The molecule has 0 spiro atoms. The molecule has 27 heavy (non-hydrogen) atoms. The summed E-state index contributed by atoms with van der Waals surface area (Å²) in [7, 11) is -3.73. The van der Waals surface area contributed by atoms with E-state index in [2.05, 4.69) is 9.71 Å². The van der Waals surface area contributed by atoms with Crippen molar-refractivity contribution in [2.24, 2.45) is 0 Å². The third kappa shape index (κ3) is 2.71. The van der Waals surface area contributed by atoms with Crippen LogP contribution in [0, 0.1) is 0 Å². The zero-order chi connectivity index (χ0) is 18.4. The first kappa shape index (κ1) is 15.8. The smallest absolute Gasteiger partial charge is 0.261 e. The lowest BCUT2D eigenvalue weighted by molar-refractivity contribution is 0.601. The van der Waals surface area contributed by atoms with Gasteiger partial charge in [-0.3, -0.25) is 9.71 Å². The van der Waals surface area contributed by atoms with E-state index in [1.165, 1.54) is 0 Å². The van der Waals surface area contributed by atoms with Gasteiger partial charge >= 0.3 is 0 Å². The Morgan fingerprint density at radius 3 is 2.59 bits per heavy atom. The lowest BCUT2D eigenvalue weighted by Crippen LogP contribution is -2.12. The molecule has 6 heteroatoms. The summed E-state index contributed by atoms with van der Waals surface area (Å²) >= 11 is 0. The highest BCUT2D eigenvalue weighted by atomic mass is 32.2. The van der Waals surface area contributed by atoms with Gasteiger partial charge in [-0.2, -0.15) is 0 Å². The number of nitrogens with zero attached hydrogens (tertiary/aromatic N) is 1. The van der Waals surface area contributed by atoms with Crippen LogP contribution in [0.1, 0.15) is 0 Å². The van der Waals surface area contributed by atoms with E-state index in [4.69, 9.17) is 4.42 Å². The average Bonchev–Trinajstić information content (AvgIpc) is 3.05. The number of sulfonamides is 1. The Balaban J connectivity index is 1.58.